The fourth-order valence-corrected chi connectivity index (χ4v) is 4.45. The van der Waals surface area contributed by atoms with Crippen molar-refractivity contribution >= 4 is 11.8 Å². The van der Waals surface area contributed by atoms with E-state index in [1.807, 2.05) is 9.80 Å². The number of nitrogens with one attached hydrogen (secondary N) is 1. The Morgan fingerprint density at radius 1 is 1.00 bits per heavy atom. The average Bonchev–Trinajstić information content (AvgIpc) is 3.39. The topological polar surface area (TPSA) is 78.5 Å². The molecule has 7 nitrogen and oxygen atoms in total. The molecule has 0 spiro atoms. The van der Waals surface area contributed by atoms with Gasteiger partial charge in [-0.3, -0.25) is 14.7 Å². The maximum Gasteiger partial charge on any atom is 0.257 e. The van der Waals surface area contributed by atoms with Crippen molar-refractivity contribution in [1.82, 2.24) is 20.0 Å². The van der Waals surface area contributed by atoms with Gasteiger partial charge in [0.05, 0.1) is 17.5 Å². The van der Waals surface area contributed by atoms with E-state index in [0.29, 0.717) is 38.7 Å². The molecule has 3 fully saturated rings. The van der Waals surface area contributed by atoms with Crippen molar-refractivity contribution in [3.63, 3.8) is 0 Å². The van der Waals surface area contributed by atoms with Crippen LogP contribution in [0.1, 0.15) is 66.9 Å². The number of carbonyl (C=O) groups is 2. The number of H-pyrrole nitrogens is 1. The third-order valence-electron chi connectivity index (χ3n) is 6.00. The van der Waals surface area contributed by atoms with E-state index in [-0.39, 0.29) is 17.9 Å². The van der Waals surface area contributed by atoms with Crippen molar-refractivity contribution in [2.45, 2.75) is 57.0 Å². The average molecular weight is 360 g/mol. The minimum atomic E-state index is -0.274. The minimum absolute atomic E-state index is 0.0449. The molecule has 0 aromatic carbocycles. The fourth-order valence-electron chi connectivity index (χ4n) is 4.45. The summed E-state index contributed by atoms with van der Waals surface area (Å²) < 4.78 is 5.50. The van der Waals surface area contributed by atoms with Gasteiger partial charge < -0.3 is 14.5 Å². The van der Waals surface area contributed by atoms with E-state index in [0.717, 1.165) is 36.9 Å². The van der Waals surface area contributed by atoms with E-state index in [4.69, 9.17) is 4.74 Å². The summed E-state index contributed by atoms with van der Waals surface area (Å²) in [6, 6.07) is 0. The summed E-state index contributed by atoms with van der Waals surface area (Å²) in [4.78, 5) is 29.1. The molecule has 0 bridgehead atoms. The van der Waals surface area contributed by atoms with E-state index < -0.39 is 0 Å². The van der Waals surface area contributed by atoms with Crippen LogP contribution in [0.25, 0.3) is 0 Å². The molecule has 4 rings (SSSR count). The van der Waals surface area contributed by atoms with Crippen LogP contribution in [0.3, 0.4) is 0 Å². The van der Waals surface area contributed by atoms with Crippen LogP contribution in [0.2, 0.25) is 0 Å². The quantitative estimate of drug-likeness (QED) is 0.893. The number of hydrogen-bond acceptors (Lipinski definition) is 4. The molecular formula is C19H28N4O3. The lowest BCUT2D eigenvalue weighted by molar-refractivity contribution is -0.142. The Balaban J connectivity index is 1.36. The van der Waals surface area contributed by atoms with Crippen LogP contribution in [0, 0.1) is 0 Å². The molecule has 0 radical (unpaired) electrons. The monoisotopic (exact) mass is 360 g/mol. The number of rotatable bonds is 3. The number of carbonyl (C=O) groups excluding carboxylic acids is 2. The van der Waals surface area contributed by atoms with Gasteiger partial charge in [0, 0.05) is 38.7 Å². The lowest BCUT2D eigenvalue weighted by Gasteiger charge is -2.36. The summed E-state index contributed by atoms with van der Waals surface area (Å²) in [6.07, 6.45) is 9.17. The Bertz CT molecular complexity index is 639. The molecule has 2 amide bonds. The molecule has 1 N–H and O–H groups in total. The van der Waals surface area contributed by atoms with Gasteiger partial charge in [0.25, 0.3) is 11.8 Å². The largest absolute Gasteiger partial charge is 0.368 e. The molecule has 1 aromatic rings. The van der Waals surface area contributed by atoms with Crippen molar-refractivity contribution in [2.75, 3.05) is 32.8 Å². The summed E-state index contributed by atoms with van der Waals surface area (Å²) in [5, 5.41) is 7.24. The highest BCUT2D eigenvalue weighted by Gasteiger charge is 2.33. The SMILES string of the molecule is O=C(c1cn[nH]c1C1CCCCC1)N1CCN(C(=O)C2CCCO2)CC1. The first-order chi connectivity index (χ1) is 12.7. The predicted molar refractivity (Wildman–Crippen MR) is 95.9 cm³/mol. The Morgan fingerprint density at radius 2 is 1.73 bits per heavy atom. The van der Waals surface area contributed by atoms with E-state index in [1.165, 1.54) is 19.3 Å². The van der Waals surface area contributed by atoms with Crippen LogP contribution in [-0.4, -0.2) is 70.7 Å². The molecule has 1 saturated carbocycles. The van der Waals surface area contributed by atoms with Crippen molar-refractivity contribution in [2.24, 2.45) is 0 Å². The Kier molecular flexibility index (Phi) is 5.24. The molecule has 2 aliphatic heterocycles. The third-order valence-corrected chi connectivity index (χ3v) is 6.00. The normalized spacial score (nSPS) is 24.8. The molecule has 1 unspecified atom stereocenters. The molecular weight excluding hydrogens is 332 g/mol. The van der Waals surface area contributed by atoms with Gasteiger partial charge in [-0.2, -0.15) is 5.10 Å². The summed E-state index contributed by atoms with van der Waals surface area (Å²) in [6.45, 7) is 3.00. The summed E-state index contributed by atoms with van der Waals surface area (Å²) in [5.74, 6) is 0.553. The molecule has 1 atom stereocenters. The summed E-state index contributed by atoms with van der Waals surface area (Å²) in [5.41, 5.74) is 1.73. The zero-order valence-corrected chi connectivity index (χ0v) is 15.3. The number of hydrogen-bond donors (Lipinski definition) is 1. The summed E-state index contributed by atoms with van der Waals surface area (Å²) >= 11 is 0. The van der Waals surface area contributed by atoms with E-state index in [1.54, 1.807) is 6.20 Å². The smallest absolute Gasteiger partial charge is 0.257 e. The van der Waals surface area contributed by atoms with Gasteiger partial charge >= 0.3 is 0 Å². The number of amides is 2. The van der Waals surface area contributed by atoms with Gasteiger partial charge in [-0.05, 0) is 25.7 Å². The van der Waals surface area contributed by atoms with E-state index in [9.17, 15) is 9.59 Å². The first-order valence-electron chi connectivity index (χ1n) is 9.97. The number of ether oxygens (including phenoxy) is 1. The first-order valence-corrected chi connectivity index (χ1v) is 9.97. The zero-order valence-electron chi connectivity index (χ0n) is 15.3. The van der Waals surface area contributed by atoms with Gasteiger partial charge in [0.15, 0.2) is 0 Å². The van der Waals surface area contributed by atoms with Gasteiger partial charge in [-0.15, -0.1) is 0 Å². The minimum Gasteiger partial charge on any atom is -0.368 e. The second kappa shape index (κ2) is 7.78. The Labute approximate surface area is 154 Å². The van der Waals surface area contributed by atoms with Crippen molar-refractivity contribution in [1.29, 1.82) is 0 Å². The lowest BCUT2D eigenvalue weighted by atomic mass is 9.85. The number of aromatic amines is 1. The number of piperazine rings is 1. The maximum atomic E-state index is 13.0. The van der Waals surface area contributed by atoms with Crippen molar-refractivity contribution in [3.05, 3.63) is 17.5 Å². The van der Waals surface area contributed by atoms with Crippen LogP contribution >= 0.6 is 0 Å². The third kappa shape index (κ3) is 3.49. The van der Waals surface area contributed by atoms with Crippen LogP contribution < -0.4 is 0 Å². The zero-order chi connectivity index (χ0) is 17.9. The highest BCUT2D eigenvalue weighted by atomic mass is 16.5. The predicted octanol–water partition coefficient (Wildman–Crippen LogP) is 1.92. The molecule has 2 saturated heterocycles. The standard InChI is InChI=1S/C19H28N4O3/c24-18(15-13-20-21-17(15)14-5-2-1-3-6-14)22-8-10-23(11-9-22)19(25)16-7-4-12-26-16/h13-14,16H,1-12H2,(H,20,21). The Morgan fingerprint density at radius 3 is 2.42 bits per heavy atom. The van der Waals surface area contributed by atoms with Crippen molar-refractivity contribution < 1.29 is 14.3 Å². The fraction of sp³-hybridized carbons (Fsp3) is 0.737. The second-order valence-corrected chi connectivity index (χ2v) is 7.65. The maximum absolute atomic E-state index is 13.0. The molecule has 3 heterocycles. The van der Waals surface area contributed by atoms with Gasteiger partial charge in [0.1, 0.15) is 6.10 Å². The van der Waals surface area contributed by atoms with Gasteiger partial charge in [-0.1, -0.05) is 19.3 Å². The number of nitrogens with zero attached hydrogens (tertiary/aromatic N) is 3. The highest BCUT2D eigenvalue weighted by Crippen LogP contribution is 2.33. The molecule has 26 heavy (non-hydrogen) atoms. The van der Waals surface area contributed by atoms with Crippen LogP contribution in [0.15, 0.2) is 6.20 Å². The van der Waals surface area contributed by atoms with Crippen LogP contribution in [-0.2, 0) is 9.53 Å². The molecule has 142 valence electrons. The second-order valence-electron chi connectivity index (χ2n) is 7.65. The van der Waals surface area contributed by atoms with Crippen molar-refractivity contribution in [3.8, 4) is 0 Å². The number of aromatic nitrogens is 2. The van der Waals surface area contributed by atoms with Crippen LogP contribution in [0.4, 0.5) is 0 Å². The van der Waals surface area contributed by atoms with Crippen LogP contribution in [0.5, 0.6) is 0 Å². The first kappa shape index (κ1) is 17.5. The summed E-state index contributed by atoms with van der Waals surface area (Å²) in [7, 11) is 0. The molecule has 3 aliphatic rings. The molecule has 7 heteroatoms. The van der Waals surface area contributed by atoms with Gasteiger partial charge in [-0.25, -0.2) is 0 Å². The van der Waals surface area contributed by atoms with E-state index in [2.05, 4.69) is 10.2 Å². The molecule has 1 aromatic heterocycles. The highest BCUT2D eigenvalue weighted by molar-refractivity contribution is 5.95. The lowest BCUT2D eigenvalue weighted by Crippen LogP contribution is -2.52. The van der Waals surface area contributed by atoms with E-state index >= 15 is 0 Å². The Hall–Kier alpha value is -1.89. The molecule has 1 aliphatic carbocycles. The van der Waals surface area contributed by atoms with Gasteiger partial charge in [0.2, 0.25) is 0 Å².